The lowest BCUT2D eigenvalue weighted by Crippen LogP contribution is -2.31. The van der Waals surface area contributed by atoms with E-state index in [-0.39, 0.29) is 17.2 Å². The maximum Gasteiger partial charge on any atom is 0.262 e. The van der Waals surface area contributed by atoms with Gasteiger partial charge >= 0.3 is 0 Å². The summed E-state index contributed by atoms with van der Waals surface area (Å²) >= 11 is 0. The van der Waals surface area contributed by atoms with Crippen LogP contribution < -0.4 is 4.74 Å². The summed E-state index contributed by atoms with van der Waals surface area (Å²) in [4.78, 5) is 8.04. The number of aromatic nitrogens is 3. The van der Waals surface area contributed by atoms with Gasteiger partial charge < -0.3 is 9.30 Å². The molecule has 0 amide bonds. The van der Waals surface area contributed by atoms with Crippen molar-refractivity contribution < 1.29 is 13.2 Å². The molecular formula is C15H20N4O3S. The van der Waals surface area contributed by atoms with Crippen molar-refractivity contribution in [2.24, 2.45) is 0 Å². The van der Waals surface area contributed by atoms with Crippen LogP contribution in [0.15, 0.2) is 42.1 Å². The van der Waals surface area contributed by atoms with E-state index in [4.69, 9.17) is 4.74 Å². The summed E-state index contributed by atoms with van der Waals surface area (Å²) in [6.45, 7) is 4.71. The fraction of sp³-hybridized carbons (Fsp3) is 0.467. The Hall–Kier alpha value is -1.93. The van der Waals surface area contributed by atoms with Crippen LogP contribution in [0.5, 0.6) is 5.75 Å². The van der Waals surface area contributed by atoms with Gasteiger partial charge in [0.1, 0.15) is 11.9 Å². The normalized spacial score (nSPS) is 19.3. The molecule has 0 radical (unpaired) electrons. The zero-order valence-corrected chi connectivity index (χ0v) is 14.0. The number of hydrogen-bond acceptors (Lipinski definition) is 5. The van der Waals surface area contributed by atoms with Gasteiger partial charge in [-0.2, -0.15) is 4.31 Å². The van der Waals surface area contributed by atoms with Crippen molar-refractivity contribution in [2.75, 3.05) is 13.1 Å². The highest BCUT2D eigenvalue weighted by Crippen LogP contribution is 2.23. The molecule has 0 spiro atoms. The van der Waals surface area contributed by atoms with Crippen LogP contribution in [-0.2, 0) is 10.0 Å². The van der Waals surface area contributed by atoms with Crippen LogP contribution in [0.25, 0.3) is 0 Å². The molecule has 124 valence electrons. The van der Waals surface area contributed by atoms with Gasteiger partial charge in [-0.3, -0.25) is 4.98 Å². The number of pyridine rings is 1. The number of hydrogen-bond donors (Lipinski definition) is 0. The third-order valence-electron chi connectivity index (χ3n) is 3.82. The van der Waals surface area contributed by atoms with E-state index in [0.29, 0.717) is 25.3 Å². The number of ether oxygens (including phenoxy) is 1. The molecule has 0 aliphatic carbocycles. The summed E-state index contributed by atoms with van der Waals surface area (Å²) in [5, 5.41) is 0.0910. The molecule has 1 unspecified atom stereocenters. The third-order valence-corrected chi connectivity index (χ3v) is 5.57. The van der Waals surface area contributed by atoms with Gasteiger partial charge in [0.15, 0.2) is 5.03 Å². The van der Waals surface area contributed by atoms with E-state index < -0.39 is 10.0 Å². The first-order valence-electron chi connectivity index (χ1n) is 7.57. The molecule has 1 atom stereocenters. The van der Waals surface area contributed by atoms with Crippen LogP contribution in [0.1, 0.15) is 26.3 Å². The maximum absolute atomic E-state index is 12.7. The van der Waals surface area contributed by atoms with Gasteiger partial charge in [-0.1, -0.05) is 0 Å². The van der Waals surface area contributed by atoms with Crippen LogP contribution in [0.2, 0.25) is 0 Å². The Labute approximate surface area is 136 Å². The maximum atomic E-state index is 12.7. The standard InChI is InChI=1S/C15H20N4O3S/c1-12(2)18-10-15(17-11-18)23(20,21)19-7-5-14(9-19)22-13-4-3-6-16-8-13/h3-4,6,8,10-12,14H,5,7,9H2,1-2H3. The van der Waals surface area contributed by atoms with E-state index in [9.17, 15) is 8.42 Å². The largest absolute Gasteiger partial charge is 0.487 e. The monoisotopic (exact) mass is 336 g/mol. The zero-order valence-electron chi connectivity index (χ0n) is 13.2. The highest BCUT2D eigenvalue weighted by atomic mass is 32.2. The average molecular weight is 336 g/mol. The predicted molar refractivity (Wildman–Crippen MR) is 84.6 cm³/mol. The summed E-state index contributed by atoms with van der Waals surface area (Å²) in [6, 6.07) is 3.78. The molecule has 0 N–H and O–H groups in total. The molecular weight excluding hydrogens is 316 g/mol. The van der Waals surface area contributed by atoms with Crippen LogP contribution in [0.3, 0.4) is 0 Å². The molecule has 3 rings (SSSR count). The molecule has 3 heterocycles. The highest BCUT2D eigenvalue weighted by molar-refractivity contribution is 7.89. The zero-order chi connectivity index (χ0) is 16.4. The molecule has 2 aromatic rings. The number of nitrogens with zero attached hydrogens (tertiary/aromatic N) is 4. The number of imidazole rings is 1. The second kappa shape index (κ2) is 6.29. The Balaban J connectivity index is 1.69. The molecule has 2 aromatic heterocycles. The SMILES string of the molecule is CC(C)n1cnc(S(=O)(=O)N2CCC(Oc3cccnc3)C2)c1. The van der Waals surface area contributed by atoms with Crippen molar-refractivity contribution in [3.8, 4) is 5.75 Å². The fourth-order valence-electron chi connectivity index (χ4n) is 2.49. The second-order valence-corrected chi connectivity index (χ2v) is 7.72. The summed E-state index contributed by atoms with van der Waals surface area (Å²) in [6.07, 6.45) is 6.91. The first kappa shape index (κ1) is 15.9. The molecule has 1 aliphatic heterocycles. The fourth-order valence-corrected chi connectivity index (χ4v) is 3.90. The van der Waals surface area contributed by atoms with Gasteiger partial charge in [0.05, 0.1) is 19.1 Å². The highest BCUT2D eigenvalue weighted by Gasteiger charge is 2.35. The Morgan fingerprint density at radius 3 is 2.87 bits per heavy atom. The Bertz CT molecular complexity index is 758. The molecule has 0 saturated carbocycles. The summed E-state index contributed by atoms with van der Waals surface area (Å²) < 4.78 is 34.3. The van der Waals surface area contributed by atoms with E-state index >= 15 is 0 Å². The predicted octanol–water partition coefficient (Wildman–Crippen LogP) is 1.70. The van der Waals surface area contributed by atoms with Crippen LogP contribution in [0.4, 0.5) is 0 Å². The van der Waals surface area contributed by atoms with E-state index in [1.807, 2.05) is 19.9 Å². The van der Waals surface area contributed by atoms with Crippen molar-refractivity contribution >= 4 is 10.0 Å². The summed E-state index contributed by atoms with van der Waals surface area (Å²) in [5.74, 6) is 0.654. The smallest absolute Gasteiger partial charge is 0.262 e. The Kier molecular flexibility index (Phi) is 4.36. The Morgan fingerprint density at radius 2 is 2.22 bits per heavy atom. The van der Waals surface area contributed by atoms with Crippen molar-refractivity contribution in [1.82, 2.24) is 18.8 Å². The molecule has 23 heavy (non-hydrogen) atoms. The van der Waals surface area contributed by atoms with Gasteiger partial charge in [0.2, 0.25) is 0 Å². The van der Waals surface area contributed by atoms with Crippen LogP contribution in [0, 0.1) is 0 Å². The second-order valence-electron chi connectivity index (χ2n) is 5.83. The molecule has 7 nitrogen and oxygen atoms in total. The Morgan fingerprint density at radius 1 is 1.39 bits per heavy atom. The van der Waals surface area contributed by atoms with Crippen molar-refractivity contribution in [2.45, 2.75) is 37.4 Å². The number of sulfonamides is 1. The first-order valence-corrected chi connectivity index (χ1v) is 9.01. The minimum atomic E-state index is -3.57. The molecule has 0 bridgehead atoms. The van der Waals surface area contributed by atoms with E-state index in [2.05, 4.69) is 9.97 Å². The van der Waals surface area contributed by atoms with E-state index in [1.165, 1.54) is 4.31 Å². The lowest BCUT2D eigenvalue weighted by Gasteiger charge is -2.16. The summed E-state index contributed by atoms with van der Waals surface area (Å²) in [7, 11) is -3.57. The van der Waals surface area contributed by atoms with Crippen molar-refractivity contribution in [3.05, 3.63) is 37.1 Å². The van der Waals surface area contributed by atoms with Crippen LogP contribution >= 0.6 is 0 Å². The molecule has 1 saturated heterocycles. The van der Waals surface area contributed by atoms with Gasteiger partial charge in [-0.05, 0) is 32.4 Å². The lowest BCUT2D eigenvalue weighted by molar-refractivity contribution is 0.214. The average Bonchev–Trinajstić information content (AvgIpc) is 3.18. The minimum Gasteiger partial charge on any atom is -0.487 e. The topological polar surface area (TPSA) is 77.3 Å². The van der Waals surface area contributed by atoms with Crippen LogP contribution in [-0.4, -0.2) is 46.5 Å². The van der Waals surface area contributed by atoms with Gasteiger partial charge in [-0.25, -0.2) is 13.4 Å². The third kappa shape index (κ3) is 3.37. The molecule has 8 heteroatoms. The van der Waals surface area contributed by atoms with Gasteiger partial charge in [-0.15, -0.1) is 0 Å². The van der Waals surface area contributed by atoms with Gasteiger partial charge in [0, 0.05) is 25.0 Å². The molecule has 0 aromatic carbocycles. The molecule has 1 fully saturated rings. The van der Waals surface area contributed by atoms with E-state index in [1.54, 1.807) is 35.6 Å². The van der Waals surface area contributed by atoms with Crippen molar-refractivity contribution in [1.29, 1.82) is 0 Å². The van der Waals surface area contributed by atoms with Crippen molar-refractivity contribution in [3.63, 3.8) is 0 Å². The number of rotatable bonds is 5. The quantitative estimate of drug-likeness (QED) is 0.830. The lowest BCUT2D eigenvalue weighted by atomic mass is 10.3. The summed E-state index contributed by atoms with van der Waals surface area (Å²) in [5.41, 5.74) is 0. The minimum absolute atomic E-state index is 0.0910. The first-order chi connectivity index (χ1) is 11.0. The van der Waals surface area contributed by atoms with Gasteiger partial charge in [0.25, 0.3) is 10.0 Å². The van der Waals surface area contributed by atoms with E-state index in [0.717, 1.165) is 0 Å². The molecule has 1 aliphatic rings.